The van der Waals surface area contributed by atoms with Crippen molar-refractivity contribution in [3.05, 3.63) is 34.9 Å². The predicted molar refractivity (Wildman–Crippen MR) is 79.7 cm³/mol. The lowest BCUT2D eigenvalue weighted by Gasteiger charge is -2.24. The van der Waals surface area contributed by atoms with Crippen molar-refractivity contribution < 1.29 is 4.79 Å². The lowest BCUT2D eigenvalue weighted by molar-refractivity contribution is 0.0959. The Morgan fingerprint density at radius 3 is 2.37 bits per heavy atom. The van der Waals surface area contributed by atoms with Gasteiger partial charge in [-0.3, -0.25) is 4.79 Å². The van der Waals surface area contributed by atoms with Crippen molar-refractivity contribution in [3.8, 4) is 0 Å². The Kier molecular flexibility index (Phi) is 4.41. The van der Waals surface area contributed by atoms with Gasteiger partial charge in [-0.2, -0.15) is 0 Å². The first-order valence-corrected chi connectivity index (χ1v) is 7.29. The van der Waals surface area contributed by atoms with Crippen molar-refractivity contribution in [1.82, 2.24) is 4.90 Å². The molecule has 0 saturated heterocycles. The zero-order chi connectivity index (χ0) is 14.0. The van der Waals surface area contributed by atoms with Crippen molar-refractivity contribution in [2.24, 2.45) is 5.92 Å². The largest absolute Gasteiger partial charge is 0.303 e. The van der Waals surface area contributed by atoms with E-state index >= 15 is 0 Å². The van der Waals surface area contributed by atoms with E-state index in [1.165, 1.54) is 24.0 Å². The Labute approximate surface area is 116 Å². The summed E-state index contributed by atoms with van der Waals surface area (Å²) in [6, 6.07) is 6.73. The van der Waals surface area contributed by atoms with Crippen LogP contribution in [0.2, 0.25) is 0 Å². The van der Waals surface area contributed by atoms with Gasteiger partial charge in [-0.25, -0.2) is 0 Å². The van der Waals surface area contributed by atoms with Crippen LogP contribution in [0.4, 0.5) is 0 Å². The van der Waals surface area contributed by atoms with Crippen LogP contribution in [0, 0.1) is 19.8 Å². The van der Waals surface area contributed by atoms with Crippen molar-refractivity contribution in [2.75, 3.05) is 13.6 Å². The molecule has 0 spiro atoms. The van der Waals surface area contributed by atoms with Crippen molar-refractivity contribution in [1.29, 1.82) is 0 Å². The molecule has 1 atom stereocenters. The third-order valence-electron chi connectivity index (χ3n) is 4.23. The average Bonchev–Trinajstić information content (AvgIpc) is 3.17. The molecule has 0 aromatic heterocycles. The maximum Gasteiger partial charge on any atom is 0.164 e. The molecule has 0 heterocycles. The van der Waals surface area contributed by atoms with Crippen LogP contribution < -0.4 is 0 Å². The standard InChI is InChI=1S/C17H25NO/c1-12-9-13(2)11-16(10-12)17(19)7-8-18(4)14(3)15-5-6-15/h9-11,14-15H,5-8H2,1-4H3. The number of ketones is 1. The molecule has 1 unspecified atom stereocenters. The number of rotatable bonds is 6. The summed E-state index contributed by atoms with van der Waals surface area (Å²) >= 11 is 0. The van der Waals surface area contributed by atoms with Crippen LogP contribution >= 0.6 is 0 Å². The second-order valence-corrected chi connectivity index (χ2v) is 6.11. The van der Waals surface area contributed by atoms with Crippen molar-refractivity contribution >= 4 is 5.78 Å². The summed E-state index contributed by atoms with van der Waals surface area (Å²) in [5, 5.41) is 0. The van der Waals surface area contributed by atoms with Gasteiger partial charge in [-0.1, -0.05) is 17.2 Å². The molecule has 0 bridgehead atoms. The molecule has 0 amide bonds. The second-order valence-electron chi connectivity index (χ2n) is 6.11. The van der Waals surface area contributed by atoms with Gasteiger partial charge in [-0.05, 0) is 58.7 Å². The summed E-state index contributed by atoms with van der Waals surface area (Å²) in [5.41, 5.74) is 3.20. The highest BCUT2D eigenvalue weighted by Crippen LogP contribution is 2.34. The van der Waals surface area contributed by atoms with E-state index in [0.717, 1.165) is 18.0 Å². The fraction of sp³-hybridized carbons (Fsp3) is 0.588. The van der Waals surface area contributed by atoms with E-state index in [4.69, 9.17) is 0 Å². The quantitative estimate of drug-likeness (QED) is 0.727. The fourth-order valence-corrected chi connectivity index (χ4v) is 2.70. The fourth-order valence-electron chi connectivity index (χ4n) is 2.70. The minimum atomic E-state index is 0.265. The summed E-state index contributed by atoms with van der Waals surface area (Å²) in [5.74, 6) is 1.13. The molecule has 0 radical (unpaired) electrons. The normalized spacial score (nSPS) is 16.7. The minimum absolute atomic E-state index is 0.265. The minimum Gasteiger partial charge on any atom is -0.303 e. The highest BCUT2D eigenvalue weighted by Gasteiger charge is 2.30. The van der Waals surface area contributed by atoms with E-state index in [1.54, 1.807) is 0 Å². The van der Waals surface area contributed by atoms with Gasteiger partial charge in [0, 0.05) is 24.6 Å². The lowest BCUT2D eigenvalue weighted by Crippen LogP contribution is -2.32. The second kappa shape index (κ2) is 5.87. The van der Waals surface area contributed by atoms with E-state index < -0.39 is 0 Å². The summed E-state index contributed by atoms with van der Waals surface area (Å²) in [6.45, 7) is 7.23. The van der Waals surface area contributed by atoms with Gasteiger partial charge < -0.3 is 4.90 Å². The number of hydrogen-bond acceptors (Lipinski definition) is 2. The molecular weight excluding hydrogens is 234 g/mol. The van der Waals surface area contributed by atoms with E-state index in [1.807, 2.05) is 26.0 Å². The Morgan fingerprint density at radius 1 is 1.26 bits per heavy atom. The smallest absolute Gasteiger partial charge is 0.164 e. The molecule has 1 aromatic rings. The van der Waals surface area contributed by atoms with Crippen molar-refractivity contribution in [2.45, 2.75) is 46.1 Å². The molecule has 2 nitrogen and oxygen atoms in total. The molecule has 1 aliphatic carbocycles. The zero-order valence-electron chi connectivity index (χ0n) is 12.6. The number of aryl methyl sites for hydroxylation is 2. The van der Waals surface area contributed by atoms with Crippen LogP contribution in [-0.4, -0.2) is 30.3 Å². The van der Waals surface area contributed by atoms with Gasteiger partial charge in [0.05, 0.1) is 0 Å². The first-order valence-electron chi connectivity index (χ1n) is 7.29. The van der Waals surface area contributed by atoms with E-state index in [0.29, 0.717) is 12.5 Å². The number of Topliss-reactive ketones (excluding diaryl/α,β-unsaturated/α-hetero) is 1. The Balaban J connectivity index is 1.89. The number of benzene rings is 1. The van der Waals surface area contributed by atoms with Crippen LogP contribution in [0.25, 0.3) is 0 Å². The van der Waals surface area contributed by atoms with Gasteiger partial charge in [0.25, 0.3) is 0 Å². The predicted octanol–water partition coefficient (Wildman–Crippen LogP) is 3.61. The highest BCUT2D eigenvalue weighted by molar-refractivity contribution is 5.96. The van der Waals surface area contributed by atoms with Crippen LogP contribution in [0.5, 0.6) is 0 Å². The summed E-state index contributed by atoms with van der Waals surface area (Å²) in [6.07, 6.45) is 3.34. The highest BCUT2D eigenvalue weighted by atomic mass is 16.1. The lowest BCUT2D eigenvalue weighted by atomic mass is 10.0. The van der Waals surface area contributed by atoms with Crippen LogP contribution in [0.1, 0.15) is 47.7 Å². The Morgan fingerprint density at radius 2 is 1.84 bits per heavy atom. The average molecular weight is 259 g/mol. The van der Waals surface area contributed by atoms with Gasteiger partial charge in [-0.15, -0.1) is 0 Å². The van der Waals surface area contributed by atoms with E-state index in [2.05, 4.69) is 24.9 Å². The van der Waals surface area contributed by atoms with Gasteiger partial charge in [0.2, 0.25) is 0 Å². The number of hydrogen-bond donors (Lipinski definition) is 0. The van der Waals surface area contributed by atoms with Gasteiger partial charge in [0.15, 0.2) is 5.78 Å². The number of carbonyl (C=O) groups excluding carboxylic acids is 1. The first kappa shape index (κ1) is 14.3. The number of nitrogens with zero attached hydrogens (tertiary/aromatic N) is 1. The maximum absolute atomic E-state index is 12.2. The van der Waals surface area contributed by atoms with Gasteiger partial charge >= 0.3 is 0 Å². The summed E-state index contributed by atoms with van der Waals surface area (Å²) in [4.78, 5) is 14.6. The Hall–Kier alpha value is -1.15. The van der Waals surface area contributed by atoms with Crippen LogP contribution in [-0.2, 0) is 0 Å². The SMILES string of the molecule is Cc1cc(C)cc(C(=O)CCN(C)C(C)C2CC2)c1. The van der Waals surface area contributed by atoms with Crippen LogP contribution in [0.15, 0.2) is 18.2 Å². The monoisotopic (exact) mass is 259 g/mol. The molecule has 1 aliphatic rings. The number of carbonyl (C=O) groups is 1. The molecule has 2 rings (SSSR count). The molecule has 104 valence electrons. The molecule has 0 N–H and O–H groups in total. The third-order valence-corrected chi connectivity index (χ3v) is 4.23. The molecule has 2 heteroatoms. The maximum atomic E-state index is 12.2. The summed E-state index contributed by atoms with van der Waals surface area (Å²) in [7, 11) is 2.14. The molecule has 1 saturated carbocycles. The summed E-state index contributed by atoms with van der Waals surface area (Å²) < 4.78 is 0. The topological polar surface area (TPSA) is 20.3 Å². The van der Waals surface area contributed by atoms with E-state index in [-0.39, 0.29) is 5.78 Å². The Bertz CT molecular complexity index is 442. The van der Waals surface area contributed by atoms with E-state index in [9.17, 15) is 4.79 Å². The van der Waals surface area contributed by atoms with Gasteiger partial charge in [0.1, 0.15) is 0 Å². The first-order chi connectivity index (χ1) is 8.97. The molecule has 19 heavy (non-hydrogen) atoms. The van der Waals surface area contributed by atoms with Crippen LogP contribution in [0.3, 0.4) is 0 Å². The molecule has 1 fully saturated rings. The zero-order valence-corrected chi connectivity index (χ0v) is 12.6. The molecule has 0 aliphatic heterocycles. The molecular formula is C17H25NO. The molecule has 1 aromatic carbocycles. The third kappa shape index (κ3) is 3.90. The van der Waals surface area contributed by atoms with Crippen molar-refractivity contribution in [3.63, 3.8) is 0 Å².